The highest BCUT2D eigenvalue weighted by Crippen LogP contribution is 2.65. The number of benzene rings is 3. The SMILES string of the molecule is Cc1ccccc1N1C(=O)[C@@H]2[C@@H](C1=O)C1c3ccccc3C2([C@@H](C)O)c2ccccc21. The molecule has 7 rings (SSSR count). The van der Waals surface area contributed by atoms with Crippen LogP contribution in [-0.4, -0.2) is 23.0 Å². The van der Waals surface area contributed by atoms with Gasteiger partial charge in [0.15, 0.2) is 0 Å². The lowest BCUT2D eigenvalue weighted by molar-refractivity contribution is -0.126. The standard InChI is InChI=1S/C27H23NO3/c1-15-9-3-8-14-21(15)28-25(30)23-22-17-10-4-6-12-19(17)27(16(2)29,24(23)26(28)31)20-13-7-5-11-18(20)22/h3-14,16,22-24,29H,1-2H3/t16-,22?,23+,24+,27?/m1/s1. The van der Waals surface area contributed by atoms with Gasteiger partial charge in [0.05, 0.1) is 29.0 Å². The first-order valence-corrected chi connectivity index (χ1v) is 10.8. The molecule has 1 fully saturated rings. The number of amides is 2. The highest BCUT2D eigenvalue weighted by Gasteiger charge is 2.69. The predicted molar refractivity (Wildman–Crippen MR) is 118 cm³/mol. The molecule has 1 N–H and O–H groups in total. The zero-order valence-corrected chi connectivity index (χ0v) is 17.4. The molecule has 0 aromatic heterocycles. The van der Waals surface area contributed by atoms with Gasteiger partial charge in [-0.3, -0.25) is 9.59 Å². The second-order valence-electron chi connectivity index (χ2n) is 9.00. The summed E-state index contributed by atoms with van der Waals surface area (Å²) in [6.07, 6.45) is -0.836. The van der Waals surface area contributed by atoms with Gasteiger partial charge in [0, 0.05) is 5.92 Å². The normalized spacial score (nSPS) is 28.9. The Kier molecular flexibility index (Phi) is 3.67. The van der Waals surface area contributed by atoms with Gasteiger partial charge >= 0.3 is 0 Å². The van der Waals surface area contributed by atoms with Crippen molar-refractivity contribution in [3.63, 3.8) is 0 Å². The lowest BCUT2D eigenvalue weighted by atomic mass is 9.46. The molecule has 0 radical (unpaired) electrons. The molecule has 0 saturated carbocycles. The van der Waals surface area contributed by atoms with Crippen LogP contribution in [0.3, 0.4) is 0 Å². The molecule has 3 atom stereocenters. The molecular weight excluding hydrogens is 386 g/mol. The van der Waals surface area contributed by atoms with Crippen molar-refractivity contribution in [2.75, 3.05) is 4.90 Å². The van der Waals surface area contributed by atoms with Crippen LogP contribution < -0.4 is 4.90 Å². The van der Waals surface area contributed by atoms with Crippen molar-refractivity contribution in [3.8, 4) is 0 Å². The molecule has 0 unspecified atom stereocenters. The highest BCUT2D eigenvalue weighted by atomic mass is 16.3. The van der Waals surface area contributed by atoms with E-state index < -0.39 is 23.4 Å². The Hall–Kier alpha value is -3.24. The molecule has 1 heterocycles. The molecule has 1 aliphatic heterocycles. The fraction of sp³-hybridized carbons (Fsp3) is 0.259. The van der Waals surface area contributed by atoms with Crippen LogP contribution in [0.2, 0.25) is 0 Å². The zero-order valence-electron chi connectivity index (χ0n) is 17.4. The summed E-state index contributed by atoms with van der Waals surface area (Å²) in [5.41, 5.74) is 4.63. The molecule has 2 amide bonds. The second-order valence-corrected chi connectivity index (χ2v) is 9.00. The van der Waals surface area contributed by atoms with E-state index in [2.05, 4.69) is 12.1 Å². The van der Waals surface area contributed by atoms with Crippen molar-refractivity contribution in [1.29, 1.82) is 0 Å². The first-order valence-electron chi connectivity index (χ1n) is 10.8. The van der Waals surface area contributed by atoms with Crippen molar-refractivity contribution >= 4 is 17.5 Å². The van der Waals surface area contributed by atoms with E-state index in [0.717, 1.165) is 27.8 Å². The van der Waals surface area contributed by atoms with Crippen LogP contribution in [0, 0.1) is 18.8 Å². The van der Waals surface area contributed by atoms with Gasteiger partial charge in [-0.15, -0.1) is 0 Å². The number of aliphatic hydroxyl groups excluding tert-OH is 1. The van der Waals surface area contributed by atoms with Crippen molar-refractivity contribution < 1.29 is 14.7 Å². The van der Waals surface area contributed by atoms with Crippen LogP contribution in [0.25, 0.3) is 0 Å². The Morgan fingerprint density at radius 1 is 0.839 bits per heavy atom. The molecule has 3 aliphatic carbocycles. The molecular formula is C27H23NO3. The summed E-state index contributed by atoms with van der Waals surface area (Å²) in [5.74, 6) is -1.72. The third-order valence-corrected chi connectivity index (χ3v) is 7.70. The molecule has 3 aromatic carbocycles. The molecule has 4 nitrogen and oxygen atoms in total. The van der Waals surface area contributed by atoms with Crippen LogP contribution >= 0.6 is 0 Å². The van der Waals surface area contributed by atoms with Crippen LogP contribution in [0.5, 0.6) is 0 Å². The van der Waals surface area contributed by atoms with Crippen molar-refractivity contribution in [2.24, 2.45) is 11.8 Å². The van der Waals surface area contributed by atoms with Crippen molar-refractivity contribution in [2.45, 2.75) is 31.3 Å². The fourth-order valence-electron chi connectivity index (χ4n) is 6.59. The van der Waals surface area contributed by atoms with E-state index in [9.17, 15) is 14.7 Å². The Morgan fingerprint density at radius 2 is 1.39 bits per heavy atom. The molecule has 0 spiro atoms. The Labute approximate surface area is 181 Å². The predicted octanol–water partition coefficient (Wildman–Crippen LogP) is 3.93. The summed E-state index contributed by atoms with van der Waals surface area (Å²) in [6.45, 7) is 3.67. The quantitative estimate of drug-likeness (QED) is 0.653. The number of carbonyl (C=O) groups excluding carboxylic acids is 2. The number of nitrogens with zero attached hydrogens (tertiary/aromatic N) is 1. The number of para-hydroxylation sites is 1. The zero-order chi connectivity index (χ0) is 21.5. The molecule has 2 bridgehead atoms. The summed E-state index contributed by atoms with van der Waals surface area (Å²) in [4.78, 5) is 29.3. The van der Waals surface area contributed by atoms with Crippen molar-refractivity contribution in [3.05, 3.63) is 101 Å². The van der Waals surface area contributed by atoms with Crippen LogP contribution in [-0.2, 0) is 15.0 Å². The molecule has 4 aliphatic rings. The van der Waals surface area contributed by atoms with E-state index in [1.807, 2.05) is 67.6 Å². The summed E-state index contributed by atoms with van der Waals surface area (Å²) >= 11 is 0. The summed E-state index contributed by atoms with van der Waals surface area (Å²) in [6, 6.07) is 23.5. The van der Waals surface area contributed by atoms with Gasteiger partial charge in [-0.25, -0.2) is 4.90 Å². The fourth-order valence-corrected chi connectivity index (χ4v) is 6.59. The highest BCUT2D eigenvalue weighted by molar-refractivity contribution is 6.24. The van der Waals surface area contributed by atoms with E-state index in [0.29, 0.717) is 5.69 Å². The van der Waals surface area contributed by atoms with Gasteiger partial charge in [-0.2, -0.15) is 0 Å². The monoisotopic (exact) mass is 409 g/mol. The number of aryl methyl sites for hydroxylation is 1. The molecule has 31 heavy (non-hydrogen) atoms. The maximum absolute atomic E-state index is 14.0. The van der Waals surface area contributed by atoms with Gasteiger partial charge in [0.25, 0.3) is 0 Å². The lowest BCUT2D eigenvalue weighted by Gasteiger charge is -2.55. The third-order valence-electron chi connectivity index (χ3n) is 7.70. The summed E-state index contributed by atoms with van der Waals surface area (Å²) in [5, 5.41) is 11.3. The van der Waals surface area contributed by atoms with Gasteiger partial charge in [0.2, 0.25) is 11.8 Å². The number of hydrogen-bond donors (Lipinski definition) is 1. The smallest absolute Gasteiger partial charge is 0.239 e. The minimum atomic E-state index is -0.948. The maximum atomic E-state index is 14.0. The van der Waals surface area contributed by atoms with Crippen LogP contribution in [0.15, 0.2) is 72.8 Å². The van der Waals surface area contributed by atoms with Crippen molar-refractivity contribution in [1.82, 2.24) is 0 Å². The maximum Gasteiger partial charge on any atom is 0.239 e. The summed E-state index contributed by atoms with van der Waals surface area (Å²) in [7, 11) is 0. The first kappa shape index (κ1) is 18.5. The minimum absolute atomic E-state index is 0.164. The average molecular weight is 409 g/mol. The topological polar surface area (TPSA) is 57.6 Å². The largest absolute Gasteiger partial charge is 0.392 e. The number of anilines is 1. The number of aliphatic hydroxyl groups is 1. The van der Waals surface area contributed by atoms with Gasteiger partial charge in [-0.05, 0) is 47.7 Å². The second kappa shape index (κ2) is 6.14. The van der Waals surface area contributed by atoms with Gasteiger partial charge in [-0.1, -0.05) is 66.7 Å². The van der Waals surface area contributed by atoms with Gasteiger partial charge in [0.1, 0.15) is 0 Å². The Morgan fingerprint density at radius 3 is 1.97 bits per heavy atom. The van der Waals surface area contributed by atoms with E-state index >= 15 is 0 Å². The Balaban J connectivity index is 1.68. The van der Waals surface area contributed by atoms with E-state index in [-0.39, 0.29) is 17.7 Å². The van der Waals surface area contributed by atoms with Crippen LogP contribution in [0.1, 0.15) is 40.7 Å². The molecule has 3 aromatic rings. The molecule has 4 heteroatoms. The Bertz CT molecular complexity index is 1210. The number of carbonyl (C=O) groups is 2. The van der Waals surface area contributed by atoms with E-state index in [1.165, 1.54) is 4.90 Å². The van der Waals surface area contributed by atoms with E-state index in [1.54, 1.807) is 6.92 Å². The lowest BCUT2D eigenvalue weighted by Crippen LogP contribution is -2.58. The number of hydrogen-bond acceptors (Lipinski definition) is 3. The summed E-state index contributed by atoms with van der Waals surface area (Å²) < 4.78 is 0. The number of imide groups is 1. The average Bonchev–Trinajstić information content (AvgIpc) is 3.05. The van der Waals surface area contributed by atoms with Gasteiger partial charge < -0.3 is 5.11 Å². The van der Waals surface area contributed by atoms with E-state index in [4.69, 9.17) is 0 Å². The minimum Gasteiger partial charge on any atom is -0.392 e. The first-order chi connectivity index (χ1) is 15.0. The third kappa shape index (κ3) is 2.04. The molecule has 1 saturated heterocycles. The van der Waals surface area contributed by atoms with Crippen LogP contribution in [0.4, 0.5) is 5.69 Å². The number of rotatable bonds is 2. The molecule has 154 valence electrons.